The topological polar surface area (TPSA) is 71.0 Å². The first kappa shape index (κ1) is 15.0. The molecular formula is C13H20N4O2. The fourth-order valence-corrected chi connectivity index (χ4v) is 1.74. The van der Waals surface area contributed by atoms with E-state index in [1.807, 2.05) is 19.9 Å². The van der Waals surface area contributed by atoms with Crippen molar-refractivity contribution in [2.45, 2.75) is 39.3 Å². The SMILES string of the molecule is CC(C)n1ccn(CCC(=O)N(C)CCC#N)c1=O. The van der Waals surface area contributed by atoms with Crippen molar-refractivity contribution in [1.29, 1.82) is 5.26 Å². The standard InChI is InChI=1S/C13H20N4O2/c1-11(2)17-10-9-16(13(17)19)8-5-12(18)15(3)7-4-6-14/h9-11H,4-5,7-8H2,1-3H3. The highest BCUT2D eigenvalue weighted by atomic mass is 16.2. The Morgan fingerprint density at radius 2 is 2.16 bits per heavy atom. The highest BCUT2D eigenvalue weighted by Crippen LogP contribution is 2.00. The van der Waals surface area contributed by atoms with Crippen LogP contribution >= 0.6 is 0 Å². The van der Waals surface area contributed by atoms with Crippen LogP contribution in [0.25, 0.3) is 0 Å². The molecule has 0 aliphatic heterocycles. The quantitative estimate of drug-likeness (QED) is 0.769. The van der Waals surface area contributed by atoms with Crippen LogP contribution < -0.4 is 5.69 Å². The van der Waals surface area contributed by atoms with Crippen LogP contribution in [0, 0.1) is 11.3 Å². The largest absolute Gasteiger partial charge is 0.345 e. The van der Waals surface area contributed by atoms with Crippen molar-refractivity contribution in [2.24, 2.45) is 0 Å². The van der Waals surface area contributed by atoms with Gasteiger partial charge in [-0.1, -0.05) is 0 Å². The minimum atomic E-state index is -0.0949. The predicted molar refractivity (Wildman–Crippen MR) is 71.6 cm³/mol. The molecule has 104 valence electrons. The Labute approximate surface area is 112 Å². The van der Waals surface area contributed by atoms with Gasteiger partial charge >= 0.3 is 5.69 Å². The van der Waals surface area contributed by atoms with Gasteiger partial charge in [0, 0.05) is 45.0 Å². The third-order valence-corrected chi connectivity index (χ3v) is 2.98. The molecule has 0 unspecified atom stereocenters. The van der Waals surface area contributed by atoms with Crippen molar-refractivity contribution >= 4 is 5.91 Å². The summed E-state index contributed by atoms with van der Waals surface area (Å²) in [7, 11) is 1.67. The number of nitriles is 1. The van der Waals surface area contributed by atoms with Crippen LogP contribution in [0.5, 0.6) is 0 Å². The lowest BCUT2D eigenvalue weighted by molar-refractivity contribution is -0.130. The normalized spacial score (nSPS) is 10.5. The maximum Gasteiger partial charge on any atom is 0.328 e. The molecule has 0 N–H and O–H groups in total. The van der Waals surface area contributed by atoms with Crippen molar-refractivity contribution < 1.29 is 4.79 Å². The lowest BCUT2D eigenvalue weighted by atomic mass is 10.3. The lowest BCUT2D eigenvalue weighted by Gasteiger charge is -2.15. The second-order valence-electron chi connectivity index (χ2n) is 4.75. The summed E-state index contributed by atoms with van der Waals surface area (Å²) < 4.78 is 3.17. The zero-order valence-corrected chi connectivity index (χ0v) is 11.7. The first-order chi connectivity index (χ1) is 8.97. The minimum Gasteiger partial charge on any atom is -0.345 e. The van der Waals surface area contributed by atoms with Crippen LogP contribution in [0.4, 0.5) is 0 Å². The summed E-state index contributed by atoms with van der Waals surface area (Å²) >= 11 is 0. The van der Waals surface area contributed by atoms with Crippen molar-refractivity contribution in [3.8, 4) is 6.07 Å². The van der Waals surface area contributed by atoms with Gasteiger partial charge in [0.15, 0.2) is 0 Å². The molecule has 6 heteroatoms. The third-order valence-electron chi connectivity index (χ3n) is 2.98. The van der Waals surface area contributed by atoms with Crippen LogP contribution in [0.15, 0.2) is 17.2 Å². The van der Waals surface area contributed by atoms with Crippen LogP contribution in [0.3, 0.4) is 0 Å². The van der Waals surface area contributed by atoms with Crippen LogP contribution in [0.1, 0.15) is 32.7 Å². The number of aryl methyl sites for hydroxylation is 1. The van der Waals surface area contributed by atoms with E-state index in [4.69, 9.17) is 5.26 Å². The number of amides is 1. The van der Waals surface area contributed by atoms with Gasteiger partial charge in [-0.25, -0.2) is 4.79 Å². The molecule has 1 aromatic heterocycles. The van der Waals surface area contributed by atoms with Crippen molar-refractivity contribution in [1.82, 2.24) is 14.0 Å². The first-order valence-electron chi connectivity index (χ1n) is 6.35. The fraction of sp³-hybridized carbons (Fsp3) is 0.615. The molecule has 0 atom stereocenters. The number of nitrogens with zero attached hydrogens (tertiary/aromatic N) is 4. The van der Waals surface area contributed by atoms with Crippen molar-refractivity contribution in [3.05, 3.63) is 22.9 Å². The van der Waals surface area contributed by atoms with Gasteiger partial charge in [-0.05, 0) is 13.8 Å². The van der Waals surface area contributed by atoms with Crippen LogP contribution in [0.2, 0.25) is 0 Å². The van der Waals surface area contributed by atoms with Gasteiger partial charge < -0.3 is 4.90 Å². The average molecular weight is 264 g/mol. The van der Waals surface area contributed by atoms with Crippen molar-refractivity contribution in [3.63, 3.8) is 0 Å². The molecule has 0 aliphatic carbocycles. The molecule has 0 aromatic carbocycles. The summed E-state index contributed by atoms with van der Waals surface area (Å²) in [6.07, 6.45) is 4.03. The average Bonchev–Trinajstić information content (AvgIpc) is 2.74. The highest BCUT2D eigenvalue weighted by Gasteiger charge is 2.10. The molecule has 19 heavy (non-hydrogen) atoms. The molecule has 1 rings (SSSR count). The number of carbonyl (C=O) groups excluding carboxylic acids is 1. The molecule has 0 bridgehead atoms. The van der Waals surface area contributed by atoms with E-state index in [9.17, 15) is 9.59 Å². The molecule has 1 heterocycles. The van der Waals surface area contributed by atoms with E-state index in [2.05, 4.69) is 0 Å². The van der Waals surface area contributed by atoms with E-state index in [1.165, 1.54) is 9.47 Å². The Kier molecular flexibility index (Phi) is 5.37. The Hall–Kier alpha value is -2.03. The predicted octanol–water partition coefficient (Wildman–Crippen LogP) is 0.993. The van der Waals surface area contributed by atoms with Gasteiger partial charge in [-0.15, -0.1) is 0 Å². The summed E-state index contributed by atoms with van der Waals surface area (Å²) in [6.45, 7) is 4.67. The van der Waals surface area contributed by atoms with Crippen LogP contribution in [-0.2, 0) is 11.3 Å². The smallest absolute Gasteiger partial charge is 0.328 e. The van der Waals surface area contributed by atoms with E-state index in [1.54, 1.807) is 24.0 Å². The fourth-order valence-electron chi connectivity index (χ4n) is 1.74. The number of carbonyl (C=O) groups is 1. The molecule has 0 radical (unpaired) electrons. The zero-order valence-electron chi connectivity index (χ0n) is 11.7. The molecule has 0 spiro atoms. The Morgan fingerprint density at radius 3 is 2.68 bits per heavy atom. The number of rotatable bonds is 6. The summed E-state index contributed by atoms with van der Waals surface area (Å²) in [6, 6.07) is 2.11. The van der Waals surface area contributed by atoms with E-state index >= 15 is 0 Å². The maximum absolute atomic E-state index is 11.9. The first-order valence-corrected chi connectivity index (χ1v) is 6.35. The number of hydrogen-bond acceptors (Lipinski definition) is 3. The van der Waals surface area contributed by atoms with E-state index in [0.29, 0.717) is 19.5 Å². The summed E-state index contributed by atoms with van der Waals surface area (Å²) in [5.74, 6) is -0.0561. The number of hydrogen-bond donors (Lipinski definition) is 0. The van der Waals surface area contributed by atoms with Gasteiger partial charge in [0.05, 0.1) is 12.5 Å². The molecule has 1 aromatic rings. The van der Waals surface area contributed by atoms with Gasteiger partial charge in [0.2, 0.25) is 5.91 Å². The Balaban J connectivity index is 2.56. The van der Waals surface area contributed by atoms with E-state index in [0.717, 1.165) is 0 Å². The van der Waals surface area contributed by atoms with Crippen molar-refractivity contribution in [2.75, 3.05) is 13.6 Å². The summed E-state index contributed by atoms with van der Waals surface area (Å²) in [5.41, 5.74) is -0.0949. The molecule has 0 fully saturated rings. The summed E-state index contributed by atoms with van der Waals surface area (Å²) in [5, 5.41) is 8.46. The third kappa shape index (κ3) is 3.98. The Bertz CT molecular complexity index is 521. The van der Waals surface area contributed by atoms with E-state index < -0.39 is 0 Å². The number of aromatic nitrogens is 2. The second-order valence-corrected chi connectivity index (χ2v) is 4.75. The maximum atomic E-state index is 11.9. The Morgan fingerprint density at radius 1 is 1.47 bits per heavy atom. The van der Waals surface area contributed by atoms with Gasteiger partial charge in [0.1, 0.15) is 0 Å². The second kappa shape index (κ2) is 6.78. The lowest BCUT2D eigenvalue weighted by Crippen LogP contribution is -2.30. The molecule has 0 saturated heterocycles. The highest BCUT2D eigenvalue weighted by molar-refractivity contribution is 5.75. The van der Waals surface area contributed by atoms with E-state index in [-0.39, 0.29) is 24.1 Å². The van der Waals surface area contributed by atoms with Gasteiger partial charge in [-0.2, -0.15) is 5.26 Å². The molecule has 0 saturated carbocycles. The molecule has 6 nitrogen and oxygen atoms in total. The summed E-state index contributed by atoms with van der Waals surface area (Å²) in [4.78, 5) is 25.2. The minimum absolute atomic E-state index is 0.0561. The number of imidazole rings is 1. The van der Waals surface area contributed by atoms with Gasteiger partial charge in [-0.3, -0.25) is 13.9 Å². The molecule has 1 amide bonds. The zero-order chi connectivity index (χ0) is 14.4. The van der Waals surface area contributed by atoms with Gasteiger partial charge in [0.25, 0.3) is 0 Å². The van der Waals surface area contributed by atoms with Crippen LogP contribution in [-0.4, -0.2) is 33.5 Å². The molecular weight excluding hydrogens is 244 g/mol. The molecule has 0 aliphatic rings. The monoisotopic (exact) mass is 264 g/mol.